The van der Waals surface area contributed by atoms with Gasteiger partial charge in [0.2, 0.25) is 0 Å². The first-order valence-electron chi connectivity index (χ1n) is 4.76. The molecule has 0 aromatic heterocycles. The van der Waals surface area contributed by atoms with Gasteiger partial charge in [0.05, 0.1) is 6.10 Å². The summed E-state index contributed by atoms with van der Waals surface area (Å²) in [5.41, 5.74) is 0. The van der Waals surface area contributed by atoms with Crippen LogP contribution in [0.2, 0.25) is 0 Å². The van der Waals surface area contributed by atoms with E-state index in [1.54, 1.807) is 0 Å². The molecule has 0 saturated carbocycles. The van der Waals surface area contributed by atoms with Crippen LogP contribution in [0.25, 0.3) is 0 Å². The Bertz CT molecular complexity index is 99.7. The van der Waals surface area contributed by atoms with Crippen molar-refractivity contribution < 1.29 is 5.11 Å². The summed E-state index contributed by atoms with van der Waals surface area (Å²) in [7, 11) is 0. The highest BCUT2D eigenvalue weighted by Gasteiger charge is 2.21. The summed E-state index contributed by atoms with van der Waals surface area (Å²) in [6.45, 7) is 3.25. The van der Waals surface area contributed by atoms with E-state index in [-0.39, 0.29) is 6.10 Å². The minimum atomic E-state index is -0.0996. The van der Waals surface area contributed by atoms with Crippen LogP contribution in [0.3, 0.4) is 0 Å². The lowest BCUT2D eigenvalue weighted by molar-refractivity contribution is 0.124. The third-order valence-electron chi connectivity index (χ3n) is 2.42. The number of hydrogen-bond donors (Lipinski definition) is 2. The van der Waals surface area contributed by atoms with Crippen LogP contribution >= 0.6 is 0 Å². The molecule has 2 atom stereocenters. The van der Waals surface area contributed by atoms with E-state index in [0.717, 1.165) is 25.8 Å². The molecule has 2 nitrogen and oxygen atoms in total. The van der Waals surface area contributed by atoms with Gasteiger partial charge in [-0.1, -0.05) is 19.8 Å². The minimum absolute atomic E-state index is 0.0996. The average Bonchev–Trinajstić information content (AvgIpc) is 2.52. The summed E-state index contributed by atoms with van der Waals surface area (Å²) in [4.78, 5) is 0. The van der Waals surface area contributed by atoms with Gasteiger partial charge in [0, 0.05) is 6.04 Å². The van der Waals surface area contributed by atoms with Crippen LogP contribution in [0, 0.1) is 0 Å². The Hall–Kier alpha value is -0.0800. The predicted octanol–water partition coefficient (Wildman–Crippen LogP) is 1.29. The van der Waals surface area contributed by atoms with E-state index in [1.807, 2.05) is 0 Å². The van der Waals surface area contributed by atoms with Crippen molar-refractivity contribution in [1.29, 1.82) is 0 Å². The van der Waals surface area contributed by atoms with Crippen LogP contribution in [-0.4, -0.2) is 23.8 Å². The van der Waals surface area contributed by atoms with Crippen molar-refractivity contribution in [3.05, 3.63) is 0 Å². The van der Waals surface area contributed by atoms with E-state index in [1.165, 1.54) is 12.8 Å². The van der Waals surface area contributed by atoms with Gasteiger partial charge < -0.3 is 10.4 Å². The number of rotatable bonds is 4. The first-order chi connectivity index (χ1) is 5.34. The van der Waals surface area contributed by atoms with Crippen LogP contribution in [-0.2, 0) is 0 Å². The Morgan fingerprint density at radius 3 is 3.00 bits per heavy atom. The Kier molecular flexibility index (Phi) is 3.87. The SMILES string of the molecule is CCCCC(O)C1CCCN1. The number of aliphatic hydroxyl groups is 1. The molecule has 2 unspecified atom stereocenters. The first kappa shape index (κ1) is 9.01. The van der Waals surface area contributed by atoms with Crippen molar-refractivity contribution in [1.82, 2.24) is 5.32 Å². The summed E-state index contributed by atoms with van der Waals surface area (Å²) in [5, 5.41) is 12.9. The fraction of sp³-hybridized carbons (Fsp3) is 1.00. The average molecular weight is 157 g/mol. The van der Waals surface area contributed by atoms with Gasteiger partial charge in [-0.05, 0) is 25.8 Å². The zero-order valence-corrected chi connectivity index (χ0v) is 7.34. The number of hydrogen-bond acceptors (Lipinski definition) is 2. The van der Waals surface area contributed by atoms with Crippen molar-refractivity contribution >= 4 is 0 Å². The van der Waals surface area contributed by atoms with Gasteiger partial charge >= 0.3 is 0 Å². The summed E-state index contributed by atoms with van der Waals surface area (Å²) in [6.07, 6.45) is 5.59. The topological polar surface area (TPSA) is 32.3 Å². The molecule has 66 valence electrons. The van der Waals surface area contributed by atoms with E-state index in [4.69, 9.17) is 0 Å². The van der Waals surface area contributed by atoms with Gasteiger partial charge in [0.1, 0.15) is 0 Å². The van der Waals surface area contributed by atoms with E-state index in [0.29, 0.717) is 6.04 Å². The Morgan fingerprint density at radius 2 is 2.45 bits per heavy atom. The van der Waals surface area contributed by atoms with Gasteiger partial charge in [-0.2, -0.15) is 0 Å². The Morgan fingerprint density at radius 1 is 1.64 bits per heavy atom. The standard InChI is InChI=1S/C9H19NO/c1-2-3-6-9(11)8-5-4-7-10-8/h8-11H,2-7H2,1H3. The number of unbranched alkanes of at least 4 members (excludes halogenated alkanes) is 1. The van der Waals surface area contributed by atoms with Crippen LogP contribution in [0.5, 0.6) is 0 Å². The number of aliphatic hydroxyl groups excluding tert-OH is 1. The second-order valence-electron chi connectivity index (χ2n) is 3.41. The Labute approximate surface area is 69.0 Å². The van der Waals surface area contributed by atoms with Crippen molar-refractivity contribution in [2.45, 2.75) is 51.2 Å². The molecule has 0 aliphatic carbocycles. The molecular weight excluding hydrogens is 138 g/mol. The highest BCUT2D eigenvalue weighted by atomic mass is 16.3. The fourth-order valence-corrected chi connectivity index (χ4v) is 1.65. The second-order valence-corrected chi connectivity index (χ2v) is 3.41. The van der Waals surface area contributed by atoms with Gasteiger partial charge in [-0.3, -0.25) is 0 Å². The smallest absolute Gasteiger partial charge is 0.0693 e. The lowest BCUT2D eigenvalue weighted by Gasteiger charge is -2.17. The molecule has 1 rings (SSSR count). The van der Waals surface area contributed by atoms with E-state index in [2.05, 4.69) is 12.2 Å². The third-order valence-corrected chi connectivity index (χ3v) is 2.42. The van der Waals surface area contributed by atoms with Crippen molar-refractivity contribution in [3.8, 4) is 0 Å². The zero-order valence-electron chi connectivity index (χ0n) is 7.34. The highest BCUT2D eigenvalue weighted by molar-refractivity contribution is 4.80. The molecule has 1 aliphatic rings. The summed E-state index contributed by atoms with van der Waals surface area (Å²) >= 11 is 0. The molecule has 0 aromatic carbocycles. The summed E-state index contributed by atoms with van der Waals surface area (Å²) in [6, 6.07) is 0.390. The molecule has 1 fully saturated rings. The molecule has 0 aromatic rings. The molecule has 11 heavy (non-hydrogen) atoms. The second kappa shape index (κ2) is 4.73. The van der Waals surface area contributed by atoms with Crippen LogP contribution in [0.1, 0.15) is 39.0 Å². The van der Waals surface area contributed by atoms with E-state index >= 15 is 0 Å². The molecule has 2 heteroatoms. The molecule has 0 spiro atoms. The highest BCUT2D eigenvalue weighted by Crippen LogP contribution is 2.13. The molecule has 1 saturated heterocycles. The molecule has 0 bridgehead atoms. The maximum absolute atomic E-state index is 9.62. The molecular formula is C9H19NO. The van der Waals surface area contributed by atoms with Gasteiger partial charge in [0.15, 0.2) is 0 Å². The molecule has 1 heterocycles. The predicted molar refractivity (Wildman–Crippen MR) is 46.6 cm³/mol. The van der Waals surface area contributed by atoms with Crippen molar-refractivity contribution in [2.24, 2.45) is 0 Å². The quantitative estimate of drug-likeness (QED) is 0.644. The molecule has 1 aliphatic heterocycles. The Balaban J connectivity index is 2.12. The van der Waals surface area contributed by atoms with Crippen molar-refractivity contribution in [3.63, 3.8) is 0 Å². The van der Waals surface area contributed by atoms with Crippen LogP contribution < -0.4 is 5.32 Å². The largest absolute Gasteiger partial charge is 0.392 e. The first-order valence-corrected chi connectivity index (χ1v) is 4.76. The molecule has 0 radical (unpaired) electrons. The maximum atomic E-state index is 9.62. The van der Waals surface area contributed by atoms with Gasteiger partial charge in [-0.25, -0.2) is 0 Å². The normalized spacial score (nSPS) is 27.3. The van der Waals surface area contributed by atoms with Crippen LogP contribution in [0.15, 0.2) is 0 Å². The zero-order chi connectivity index (χ0) is 8.10. The number of nitrogens with one attached hydrogen (secondary N) is 1. The fourth-order valence-electron chi connectivity index (χ4n) is 1.65. The lowest BCUT2D eigenvalue weighted by atomic mass is 10.0. The third kappa shape index (κ3) is 2.80. The molecule has 2 N–H and O–H groups in total. The lowest BCUT2D eigenvalue weighted by Crippen LogP contribution is -2.34. The maximum Gasteiger partial charge on any atom is 0.0693 e. The minimum Gasteiger partial charge on any atom is -0.392 e. The summed E-state index contributed by atoms with van der Waals surface area (Å²) in [5.74, 6) is 0. The molecule has 0 amide bonds. The van der Waals surface area contributed by atoms with Crippen LogP contribution in [0.4, 0.5) is 0 Å². The summed E-state index contributed by atoms with van der Waals surface area (Å²) < 4.78 is 0. The van der Waals surface area contributed by atoms with Gasteiger partial charge in [0.25, 0.3) is 0 Å². The monoisotopic (exact) mass is 157 g/mol. The van der Waals surface area contributed by atoms with E-state index < -0.39 is 0 Å². The van der Waals surface area contributed by atoms with Crippen molar-refractivity contribution in [2.75, 3.05) is 6.54 Å². The van der Waals surface area contributed by atoms with Gasteiger partial charge in [-0.15, -0.1) is 0 Å². The van der Waals surface area contributed by atoms with E-state index in [9.17, 15) is 5.11 Å².